The molecule has 3 aromatic rings. The first-order valence-electron chi connectivity index (χ1n) is 11.0. The number of hydrogen-bond acceptors (Lipinski definition) is 4. The van der Waals surface area contributed by atoms with Gasteiger partial charge in [0.2, 0.25) is 5.91 Å². The molecule has 0 unspecified atom stereocenters. The molecule has 1 N–H and O–H groups in total. The fourth-order valence-electron chi connectivity index (χ4n) is 4.14. The molecular formula is C27H28N2O4. The molecule has 6 nitrogen and oxygen atoms in total. The third-order valence-electron chi connectivity index (χ3n) is 5.91. The van der Waals surface area contributed by atoms with Gasteiger partial charge in [-0.3, -0.25) is 9.59 Å². The van der Waals surface area contributed by atoms with E-state index in [1.807, 2.05) is 48.5 Å². The molecule has 33 heavy (non-hydrogen) atoms. The first-order chi connectivity index (χ1) is 16.1. The largest absolute Gasteiger partial charge is 0.497 e. The highest BCUT2D eigenvalue weighted by Crippen LogP contribution is 2.26. The molecule has 1 aliphatic heterocycles. The third-order valence-corrected chi connectivity index (χ3v) is 5.91. The molecule has 0 saturated carbocycles. The number of hydrogen-bond donors (Lipinski definition) is 1. The van der Waals surface area contributed by atoms with Gasteiger partial charge in [-0.15, -0.1) is 0 Å². The number of amides is 2. The predicted octanol–water partition coefficient (Wildman–Crippen LogP) is 3.80. The molecule has 0 radical (unpaired) electrons. The number of ether oxygens (including phenoxy) is 2. The standard InChI is InChI=1S/C27H28N2O4/c1-32-24-10-4-8-21(16-24)20-7-3-6-19(14-20)15-23-18-29(13-12-28-26(23)30)27(31)22-9-5-11-25(17-22)33-2/h3-11,14,16-17,23H,12-13,15,18H2,1-2H3,(H,28,30)/t23-/m1/s1. The Kier molecular flexibility index (Phi) is 6.93. The van der Waals surface area contributed by atoms with E-state index in [1.165, 1.54) is 0 Å². The summed E-state index contributed by atoms with van der Waals surface area (Å²) in [5.74, 6) is 0.981. The van der Waals surface area contributed by atoms with Crippen molar-refractivity contribution in [2.75, 3.05) is 33.9 Å². The number of carbonyl (C=O) groups excluding carboxylic acids is 2. The first kappa shape index (κ1) is 22.4. The van der Waals surface area contributed by atoms with Crippen molar-refractivity contribution in [1.29, 1.82) is 0 Å². The molecular weight excluding hydrogens is 416 g/mol. The van der Waals surface area contributed by atoms with E-state index in [1.54, 1.807) is 37.3 Å². The molecule has 2 amide bonds. The maximum Gasteiger partial charge on any atom is 0.254 e. The smallest absolute Gasteiger partial charge is 0.254 e. The van der Waals surface area contributed by atoms with Gasteiger partial charge in [0.05, 0.1) is 20.1 Å². The van der Waals surface area contributed by atoms with Crippen LogP contribution in [0.1, 0.15) is 15.9 Å². The third kappa shape index (κ3) is 5.34. The Labute approximate surface area is 194 Å². The first-order valence-corrected chi connectivity index (χ1v) is 11.0. The molecule has 170 valence electrons. The van der Waals surface area contributed by atoms with E-state index >= 15 is 0 Å². The molecule has 0 spiro atoms. The fraction of sp³-hybridized carbons (Fsp3) is 0.259. The van der Waals surface area contributed by atoms with Crippen LogP contribution in [0.3, 0.4) is 0 Å². The van der Waals surface area contributed by atoms with E-state index < -0.39 is 0 Å². The highest BCUT2D eigenvalue weighted by Gasteiger charge is 2.28. The van der Waals surface area contributed by atoms with Crippen molar-refractivity contribution < 1.29 is 19.1 Å². The van der Waals surface area contributed by atoms with E-state index in [4.69, 9.17) is 9.47 Å². The Balaban J connectivity index is 1.53. The Hall–Kier alpha value is -3.80. The lowest BCUT2D eigenvalue weighted by atomic mass is 9.95. The van der Waals surface area contributed by atoms with Crippen molar-refractivity contribution in [3.8, 4) is 22.6 Å². The fourth-order valence-corrected chi connectivity index (χ4v) is 4.14. The molecule has 0 bridgehead atoms. The van der Waals surface area contributed by atoms with E-state index in [0.717, 1.165) is 22.4 Å². The average molecular weight is 445 g/mol. The normalized spacial score (nSPS) is 16.0. The van der Waals surface area contributed by atoms with Gasteiger partial charge in [-0.2, -0.15) is 0 Å². The predicted molar refractivity (Wildman–Crippen MR) is 128 cm³/mol. The van der Waals surface area contributed by atoms with Crippen molar-refractivity contribution in [2.24, 2.45) is 5.92 Å². The van der Waals surface area contributed by atoms with Gasteiger partial charge in [-0.25, -0.2) is 0 Å². The number of methoxy groups -OCH3 is 2. The minimum Gasteiger partial charge on any atom is -0.497 e. The van der Waals surface area contributed by atoms with Crippen LogP contribution in [-0.4, -0.2) is 50.6 Å². The highest BCUT2D eigenvalue weighted by molar-refractivity contribution is 5.95. The van der Waals surface area contributed by atoms with Gasteiger partial charge < -0.3 is 19.7 Å². The zero-order valence-electron chi connectivity index (χ0n) is 18.9. The average Bonchev–Trinajstić information content (AvgIpc) is 3.05. The van der Waals surface area contributed by atoms with Crippen LogP contribution in [0.5, 0.6) is 11.5 Å². The lowest BCUT2D eigenvalue weighted by Crippen LogP contribution is -2.37. The summed E-state index contributed by atoms with van der Waals surface area (Å²) in [5.41, 5.74) is 3.72. The topological polar surface area (TPSA) is 67.9 Å². The highest BCUT2D eigenvalue weighted by atomic mass is 16.5. The van der Waals surface area contributed by atoms with Crippen molar-refractivity contribution in [3.05, 3.63) is 83.9 Å². The van der Waals surface area contributed by atoms with Gasteiger partial charge in [0.25, 0.3) is 5.91 Å². The molecule has 0 aromatic heterocycles. The van der Waals surface area contributed by atoms with Crippen molar-refractivity contribution in [2.45, 2.75) is 6.42 Å². The van der Waals surface area contributed by atoms with E-state index in [0.29, 0.717) is 37.4 Å². The van der Waals surface area contributed by atoms with Crippen LogP contribution < -0.4 is 14.8 Å². The van der Waals surface area contributed by atoms with Gasteiger partial charge >= 0.3 is 0 Å². The van der Waals surface area contributed by atoms with E-state index in [-0.39, 0.29) is 17.7 Å². The van der Waals surface area contributed by atoms with Gasteiger partial charge in [0.1, 0.15) is 11.5 Å². The van der Waals surface area contributed by atoms with Crippen molar-refractivity contribution in [3.63, 3.8) is 0 Å². The molecule has 1 atom stereocenters. The molecule has 1 fully saturated rings. The SMILES string of the molecule is COc1cccc(C(=O)N2CCNC(=O)[C@H](Cc3cccc(-c4cccc(OC)c4)c3)C2)c1. The second kappa shape index (κ2) is 10.2. The molecule has 4 rings (SSSR count). The number of benzene rings is 3. The minimum absolute atomic E-state index is 0.0253. The maximum atomic E-state index is 13.1. The molecule has 1 aliphatic rings. The summed E-state index contributed by atoms with van der Waals surface area (Å²) in [4.78, 5) is 27.7. The Morgan fingerprint density at radius 1 is 0.939 bits per heavy atom. The summed E-state index contributed by atoms with van der Waals surface area (Å²) in [6, 6.07) is 23.2. The number of nitrogens with one attached hydrogen (secondary N) is 1. The lowest BCUT2D eigenvalue weighted by molar-refractivity contribution is -0.124. The number of nitrogens with zero attached hydrogens (tertiary/aromatic N) is 1. The van der Waals surface area contributed by atoms with E-state index in [2.05, 4.69) is 11.4 Å². The van der Waals surface area contributed by atoms with Gasteiger partial charge in [0, 0.05) is 25.2 Å². The monoisotopic (exact) mass is 444 g/mol. The van der Waals surface area contributed by atoms with Gasteiger partial charge in [-0.05, 0) is 53.4 Å². The second-order valence-corrected chi connectivity index (χ2v) is 8.11. The van der Waals surface area contributed by atoms with Crippen LogP contribution >= 0.6 is 0 Å². The molecule has 6 heteroatoms. The molecule has 1 heterocycles. The van der Waals surface area contributed by atoms with Crippen LogP contribution in [0, 0.1) is 5.92 Å². The molecule has 0 aliphatic carbocycles. The summed E-state index contributed by atoms with van der Waals surface area (Å²) >= 11 is 0. The zero-order chi connectivity index (χ0) is 23.2. The van der Waals surface area contributed by atoms with Crippen LogP contribution in [0.15, 0.2) is 72.8 Å². The summed E-state index contributed by atoms with van der Waals surface area (Å²) in [6.45, 7) is 1.28. The van der Waals surface area contributed by atoms with E-state index in [9.17, 15) is 9.59 Å². The maximum absolute atomic E-state index is 13.1. The Morgan fingerprint density at radius 3 is 2.36 bits per heavy atom. The van der Waals surface area contributed by atoms with Crippen LogP contribution in [0.25, 0.3) is 11.1 Å². The number of carbonyl (C=O) groups is 2. The van der Waals surface area contributed by atoms with Crippen LogP contribution in [-0.2, 0) is 11.2 Å². The minimum atomic E-state index is -0.331. The molecule has 3 aromatic carbocycles. The quantitative estimate of drug-likeness (QED) is 0.628. The van der Waals surface area contributed by atoms with Crippen LogP contribution in [0.4, 0.5) is 0 Å². The van der Waals surface area contributed by atoms with Gasteiger partial charge in [-0.1, -0.05) is 42.5 Å². The lowest BCUT2D eigenvalue weighted by Gasteiger charge is -2.23. The summed E-state index contributed by atoms with van der Waals surface area (Å²) < 4.78 is 10.6. The van der Waals surface area contributed by atoms with Crippen LogP contribution in [0.2, 0.25) is 0 Å². The zero-order valence-corrected chi connectivity index (χ0v) is 18.9. The second-order valence-electron chi connectivity index (χ2n) is 8.11. The summed E-state index contributed by atoms with van der Waals surface area (Å²) in [5, 5.41) is 2.96. The van der Waals surface area contributed by atoms with Gasteiger partial charge in [0.15, 0.2) is 0 Å². The number of rotatable bonds is 6. The summed E-state index contributed by atoms with van der Waals surface area (Å²) in [6.07, 6.45) is 0.547. The Morgan fingerprint density at radius 2 is 1.61 bits per heavy atom. The summed E-state index contributed by atoms with van der Waals surface area (Å²) in [7, 11) is 3.23. The Bertz CT molecular complexity index is 1140. The van der Waals surface area contributed by atoms with Crippen molar-refractivity contribution in [1.82, 2.24) is 10.2 Å². The molecule has 1 saturated heterocycles. The van der Waals surface area contributed by atoms with Crippen molar-refractivity contribution >= 4 is 11.8 Å².